The molecule has 3 nitrogen and oxygen atoms in total. The fraction of sp³-hybridized carbons (Fsp3) is 0. The predicted molar refractivity (Wildman–Crippen MR) is 74.0 cm³/mol. The molecule has 6 heteroatoms. The summed E-state index contributed by atoms with van der Waals surface area (Å²) in [5.74, 6) is -3.32. The number of carboxylic acids is 1. The Hall–Kier alpha value is -2.89. The third-order valence-corrected chi connectivity index (χ3v) is 3.21. The van der Waals surface area contributed by atoms with Gasteiger partial charge in [0.2, 0.25) is 0 Å². The average Bonchev–Trinajstić information content (AvgIpc) is 2.48. The van der Waals surface area contributed by atoms with Gasteiger partial charge in [-0.2, -0.15) is 0 Å². The monoisotopic (exact) mass is 303 g/mol. The van der Waals surface area contributed by atoms with Crippen molar-refractivity contribution in [2.45, 2.75) is 0 Å². The van der Waals surface area contributed by atoms with Gasteiger partial charge in [0, 0.05) is 10.9 Å². The molecule has 0 saturated heterocycles. The highest BCUT2D eigenvalue weighted by atomic mass is 19.1. The van der Waals surface area contributed by atoms with E-state index in [-0.39, 0.29) is 27.7 Å². The summed E-state index contributed by atoms with van der Waals surface area (Å²) in [6.45, 7) is 0. The van der Waals surface area contributed by atoms with Crippen molar-refractivity contribution in [3.05, 3.63) is 65.5 Å². The minimum absolute atomic E-state index is 0.0338. The molecule has 1 aromatic heterocycles. The van der Waals surface area contributed by atoms with Gasteiger partial charge in [-0.15, -0.1) is 0 Å². The van der Waals surface area contributed by atoms with Crippen LogP contribution in [0.5, 0.6) is 0 Å². The van der Waals surface area contributed by atoms with Gasteiger partial charge in [0.05, 0.1) is 16.8 Å². The van der Waals surface area contributed by atoms with E-state index >= 15 is 0 Å². The fourth-order valence-electron chi connectivity index (χ4n) is 2.21. The number of halogens is 3. The summed E-state index contributed by atoms with van der Waals surface area (Å²) in [6, 6.07) is 7.36. The van der Waals surface area contributed by atoms with E-state index in [1.54, 1.807) is 0 Å². The molecule has 0 atom stereocenters. The van der Waals surface area contributed by atoms with Gasteiger partial charge in [0.1, 0.15) is 17.5 Å². The van der Waals surface area contributed by atoms with Crippen LogP contribution in [0.1, 0.15) is 10.4 Å². The maximum absolute atomic E-state index is 13.8. The van der Waals surface area contributed by atoms with Crippen LogP contribution >= 0.6 is 0 Å². The van der Waals surface area contributed by atoms with Crippen molar-refractivity contribution in [3.63, 3.8) is 0 Å². The van der Waals surface area contributed by atoms with Crippen LogP contribution in [-0.4, -0.2) is 16.1 Å². The van der Waals surface area contributed by atoms with Crippen LogP contribution in [0.4, 0.5) is 13.2 Å². The highest BCUT2D eigenvalue weighted by Gasteiger charge is 2.16. The first-order valence-electron chi connectivity index (χ1n) is 6.25. The molecule has 0 unspecified atom stereocenters. The lowest BCUT2D eigenvalue weighted by Gasteiger charge is -2.08. The second-order valence-corrected chi connectivity index (χ2v) is 4.65. The average molecular weight is 303 g/mol. The van der Waals surface area contributed by atoms with E-state index in [4.69, 9.17) is 0 Å². The normalized spacial score (nSPS) is 10.9. The Labute approximate surface area is 122 Å². The van der Waals surface area contributed by atoms with Gasteiger partial charge in [0.25, 0.3) is 0 Å². The zero-order valence-electron chi connectivity index (χ0n) is 11.0. The number of hydrogen-bond acceptors (Lipinski definition) is 2. The first kappa shape index (κ1) is 14.1. The van der Waals surface area contributed by atoms with Gasteiger partial charge in [0.15, 0.2) is 0 Å². The van der Waals surface area contributed by atoms with Crippen molar-refractivity contribution in [1.29, 1.82) is 0 Å². The molecule has 1 N–H and O–H groups in total. The number of hydrogen-bond donors (Lipinski definition) is 1. The highest BCUT2D eigenvalue weighted by Crippen LogP contribution is 2.27. The Kier molecular flexibility index (Phi) is 3.29. The lowest BCUT2D eigenvalue weighted by Crippen LogP contribution is -2.01. The van der Waals surface area contributed by atoms with Crippen molar-refractivity contribution in [1.82, 2.24) is 4.98 Å². The molecule has 0 amide bonds. The van der Waals surface area contributed by atoms with E-state index in [2.05, 4.69) is 4.98 Å². The van der Waals surface area contributed by atoms with Gasteiger partial charge < -0.3 is 5.11 Å². The van der Waals surface area contributed by atoms with E-state index in [1.165, 1.54) is 6.07 Å². The first-order chi connectivity index (χ1) is 10.5. The number of carbonyl (C=O) groups is 1. The predicted octanol–water partition coefficient (Wildman–Crippen LogP) is 4.02. The molecule has 1 heterocycles. The minimum atomic E-state index is -1.31. The zero-order chi connectivity index (χ0) is 15.9. The number of rotatable bonds is 2. The van der Waals surface area contributed by atoms with Crippen LogP contribution < -0.4 is 0 Å². The SMILES string of the molecule is O=C(O)c1cc(-c2cc(F)ccc2F)nc2ccc(F)cc12. The Bertz CT molecular complexity index is 909. The van der Waals surface area contributed by atoms with E-state index in [0.717, 1.165) is 36.4 Å². The largest absolute Gasteiger partial charge is 0.478 e. The molecule has 0 aliphatic rings. The Balaban J connectivity index is 2.34. The van der Waals surface area contributed by atoms with Gasteiger partial charge in [-0.3, -0.25) is 0 Å². The third kappa shape index (κ3) is 2.39. The van der Waals surface area contributed by atoms with Crippen molar-refractivity contribution < 1.29 is 23.1 Å². The molecule has 3 aromatic rings. The van der Waals surface area contributed by atoms with Crippen molar-refractivity contribution in [2.24, 2.45) is 0 Å². The molecule has 0 saturated carbocycles. The van der Waals surface area contributed by atoms with Gasteiger partial charge in [-0.1, -0.05) is 0 Å². The Morgan fingerprint density at radius 3 is 2.36 bits per heavy atom. The summed E-state index contributed by atoms with van der Waals surface area (Å²) in [7, 11) is 0. The first-order valence-corrected chi connectivity index (χ1v) is 6.25. The molecular formula is C16H8F3NO2. The lowest BCUT2D eigenvalue weighted by molar-refractivity contribution is 0.0699. The number of carboxylic acid groups (broad SMARTS) is 1. The second-order valence-electron chi connectivity index (χ2n) is 4.65. The lowest BCUT2D eigenvalue weighted by atomic mass is 10.0. The number of benzene rings is 2. The molecule has 3 rings (SSSR count). The van der Waals surface area contributed by atoms with E-state index < -0.39 is 23.4 Å². The van der Waals surface area contributed by atoms with Gasteiger partial charge in [-0.25, -0.2) is 22.9 Å². The van der Waals surface area contributed by atoms with Crippen LogP contribution in [0.25, 0.3) is 22.2 Å². The van der Waals surface area contributed by atoms with E-state index in [1.807, 2.05) is 0 Å². The topological polar surface area (TPSA) is 50.2 Å². The second kappa shape index (κ2) is 5.14. The van der Waals surface area contributed by atoms with Crippen molar-refractivity contribution in [3.8, 4) is 11.3 Å². The summed E-state index contributed by atoms with van der Waals surface area (Å²) in [5.41, 5.74) is -0.245. The maximum atomic E-state index is 13.8. The molecule has 0 bridgehead atoms. The molecule has 2 aromatic carbocycles. The van der Waals surface area contributed by atoms with Crippen molar-refractivity contribution >= 4 is 16.9 Å². The van der Waals surface area contributed by atoms with Crippen molar-refractivity contribution in [2.75, 3.05) is 0 Å². The quantitative estimate of drug-likeness (QED) is 0.778. The summed E-state index contributed by atoms with van der Waals surface area (Å²) < 4.78 is 40.4. The van der Waals surface area contributed by atoms with Crippen LogP contribution in [-0.2, 0) is 0 Å². The highest BCUT2D eigenvalue weighted by molar-refractivity contribution is 6.03. The number of aromatic carboxylic acids is 1. The molecule has 22 heavy (non-hydrogen) atoms. The van der Waals surface area contributed by atoms with Crippen LogP contribution in [0.2, 0.25) is 0 Å². The maximum Gasteiger partial charge on any atom is 0.336 e. The van der Waals surface area contributed by atoms with Crippen LogP contribution in [0.15, 0.2) is 42.5 Å². The summed E-state index contributed by atoms with van der Waals surface area (Å²) in [5, 5.41) is 9.34. The van der Waals surface area contributed by atoms with Crippen LogP contribution in [0, 0.1) is 17.5 Å². The fourth-order valence-corrected chi connectivity index (χ4v) is 2.21. The summed E-state index contributed by atoms with van der Waals surface area (Å²) in [4.78, 5) is 15.4. The molecule has 0 radical (unpaired) electrons. The standard InChI is InChI=1S/C16H8F3NO2/c17-8-1-3-13(19)12(6-8)15-7-11(16(21)22)10-5-9(18)2-4-14(10)20-15/h1-7H,(H,21,22). The minimum Gasteiger partial charge on any atom is -0.478 e. The number of aromatic nitrogens is 1. The summed E-state index contributed by atoms with van der Waals surface area (Å²) in [6.07, 6.45) is 0. The smallest absolute Gasteiger partial charge is 0.336 e. The van der Waals surface area contributed by atoms with Gasteiger partial charge in [-0.05, 0) is 42.5 Å². The number of pyridine rings is 1. The Morgan fingerprint density at radius 2 is 1.64 bits per heavy atom. The number of fused-ring (bicyclic) bond motifs is 1. The molecule has 0 aliphatic heterocycles. The molecular weight excluding hydrogens is 295 g/mol. The zero-order valence-corrected chi connectivity index (χ0v) is 11.0. The van der Waals surface area contributed by atoms with E-state index in [0.29, 0.717) is 0 Å². The van der Waals surface area contributed by atoms with Crippen LogP contribution in [0.3, 0.4) is 0 Å². The van der Waals surface area contributed by atoms with E-state index in [9.17, 15) is 23.1 Å². The third-order valence-electron chi connectivity index (χ3n) is 3.21. The molecule has 0 aliphatic carbocycles. The molecule has 0 spiro atoms. The summed E-state index contributed by atoms with van der Waals surface area (Å²) >= 11 is 0. The van der Waals surface area contributed by atoms with Gasteiger partial charge >= 0.3 is 5.97 Å². The number of nitrogens with zero attached hydrogens (tertiary/aromatic N) is 1. The molecule has 110 valence electrons. The Morgan fingerprint density at radius 1 is 0.955 bits per heavy atom. The molecule has 0 fully saturated rings.